The minimum absolute atomic E-state index is 0.615. The molecular formula is C7H11N3O. The molecule has 4 nitrogen and oxygen atoms in total. The van der Waals surface area contributed by atoms with Gasteiger partial charge in [0.25, 0.3) is 0 Å². The minimum Gasteiger partial charge on any atom is -0.481 e. The molecule has 0 unspecified atom stereocenters. The molecule has 0 spiro atoms. The summed E-state index contributed by atoms with van der Waals surface area (Å²) < 4.78 is 5.00. The quantitative estimate of drug-likeness (QED) is 0.683. The van der Waals surface area contributed by atoms with Crippen LogP contribution in [0.25, 0.3) is 0 Å². The van der Waals surface area contributed by atoms with Crippen molar-refractivity contribution < 1.29 is 4.74 Å². The average molecular weight is 153 g/mol. The Morgan fingerprint density at radius 1 is 1.45 bits per heavy atom. The third kappa shape index (κ3) is 1.39. The topological polar surface area (TPSA) is 47.0 Å². The van der Waals surface area contributed by atoms with Crippen molar-refractivity contribution in [3.63, 3.8) is 0 Å². The Kier molecular flexibility index (Phi) is 2.25. The van der Waals surface area contributed by atoms with E-state index in [1.165, 1.54) is 6.33 Å². The van der Waals surface area contributed by atoms with Crippen molar-refractivity contribution in [1.29, 1.82) is 0 Å². The van der Waals surface area contributed by atoms with E-state index >= 15 is 0 Å². The number of anilines is 1. The first-order valence-electron chi connectivity index (χ1n) is 3.33. The van der Waals surface area contributed by atoms with Gasteiger partial charge in [0.1, 0.15) is 12.1 Å². The zero-order valence-corrected chi connectivity index (χ0v) is 6.88. The highest BCUT2D eigenvalue weighted by molar-refractivity contribution is 5.46. The predicted octanol–water partition coefficient (Wildman–Crippen LogP) is 0.835. The number of hydrogen-bond donors (Lipinski definition) is 1. The zero-order valence-electron chi connectivity index (χ0n) is 6.88. The minimum atomic E-state index is 0.615. The summed E-state index contributed by atoms with van der Waals surface area (Å²) in [5.74, 6) is 1.42. The van der Waals surface area contributed by atoms with Crippen LogP contribution in [0.1, 0.15) is 5.56 Å². The molecule has 0 aromatic carbocycles. The highest BCUT2D eigenvalue weighted by Gasteiger charge is 2.03. The molecule has 0 amide bonds. The van der Waals surface area contributed by atoms with E-state index in [0.717, 1.165) is 11.4 Å². The van der Waals surface area contributed by atoms with E-state index in [0.29, 0.717) is 5.88 Å². The molecule has 4 heteroatoms. The molecule has 0 fully saturated rings. The van der Waals surface area contributed by atoms with Gasteiger partial charge in [-0.2, -0.15) is 0 Å². The number of aromatic nitrogens is 2. The molecule has 0 bridgehead atoms. The van der Waals surface area contributed by atoms with Crippen molar-refractivity contribution >= 4 is 5.82 Å². The van der Waals surface area contributed by atoms with Gasteiger partial charge in [0.05, 0.1) is 12.7 Å². The number of hydrogen-bond acceptors (Lipinski definition) is 4. The van der Waals surface area contributed by atoms with Gasteiger partial charge in [0, 0.05) is 7.05 Å². The molecule has 60 valence electrons. The van der Waals surface area contributed by atoms with Crippen LogP contribution < -0.4 is 10.1 Å². The van der Waals surface area contributed by atoms with Crippen molar-refractivity contribution in [2.24, 2.45) is 0 Å². The molecule has 1 N–H and O–H groups in total. The van der Waals surface area contributed by atoms with Crippen molar-refractivity contribution in [3.05, 3.63) is 11.9 Å². The molecular weight excluding hydrogens is 142 g/mol. The Morgan fingerprint density at radius 3 is 2.73 bits per heavy atom. The highest BCUT2D eigenvalue weighted by atomic mass is 16.5. The van der Waals surface area contributed by atoms with Crippen LogP contribution in [0.3, 0.4) is 0 Å². The largest absolute Gasteiger partial charge is 0.481 e. The molecule has 0 radical (unpaired) electrons. The molecule has 0 saturated heterocycles. The predicted molar refractivity (Wildman–Crippen MR) is 42.9 cm³/mol. The number of methoxy groups -OCH3 is 1. The first-order chi connectivity index (χ1) is 5.29. The molecule has 0 aliphatic rings. The van der Waals surface area contributed by atoms with Crippen LogP contribution in [-0.4, -0.2) is 24.1 Å². The lowest BCUT2D eigenvalue weighted by atomic mass is 10.3. The lowest BCUT2D eigenvalue weighted by Crippen LogP contribution is -1.99. The summed E-state index contributed by atoms with van der Waals surface area (Å²) in [7, 11) is 3.41. The fourth-order valence-corrected chi connectivity index (χ4v) is 0.892. The molecule has 1 rings (SSSR count). The molecule has 1 aromatic rings. The summed E-state index contributed by atoms with van der Waals surface area (Å²) in [4.78, 5) is 7.94. The van der Waals surface area contributed by atoms with E-state index in [4.69, 9.17) is 4.74 Å². The van der Waals surface area contributed by atoms with E-state index in [-0.39, 0.29) is 0 Å². The van der Waals surface area contributed by atoms with Crippen molar-refractivity contribution in [2.45, 2.75) is 6.92 Å². The Morgan fingerprint density at radius 2 is 2.18 bits per heavy atom. The van der Waals surface area contributed by atoms with Gasteiger partial charge < -0.3 is 10.1 Å². The maximum atomic E-state index is 5.00. The Balaban J connectivity index is 3.10. The van der Waals surface area contributed by atoms with Crippen molar-refractivity contribution in [1.82, 2.24) is 9.97 Å². The van der Waals surface area contributed by atoms with Crippen LogP contribution in [-0.2, 0) is 0 Å². The summed E-state index contributed by atoms with van der Waals surface area (Å²) in [6.07, 6.45) is 1.47. The zero-order chi connectivity index (χ0) is 8.27. The summed E-state index contributed by atoms with van der Waals surface area (Å²) in [6, 6.07) is 0. The van der Waals surface area contributed by atoms with Crippen molar-refractivity contribution in [2.75, 3.05) is 19.5 Å². The maximum Gasteiger partial charge on any atom is 0.221 e. The fraction of sp³-hybridized carbons (Fsp3) is 0.429. The normalized spacial score (nSPS) is 9.36. The van der Waals surface area contributed by atoms with Crippen LogP contribution in [0, 0.1) is 6.92 Å². The number of nitrogens with zero attached hydrogens (tertiary/aromatic N) is 2. The molecule has 0 atom stereocenters. The third-order valence-corrected chi connectivity index (χ3v) is 1.47. The number of ether oxygens (including phenoxy) is 1. The van der Waals surface area contributed by atoms with E-state index in [2.05, 4.69) is 15.3 Å². The SMILES string of the molecule is CNc1ncnc(OC)c1C. The molecule has 1 heterocycles. The Bertz CT molecular complexity index is 227. The first-order valence-corrected chi connectivity index (χ1v) is 3.33. The monoisotopic (exact) mass is 153 g/mol. The second kappa shape index (κ2) is 3.18. The lowest BCUT2D eigenvalue weighted by molar-refractivity contribution is 0.394. The van der Waals surface area contributed by atoms with Crippen LogP contribution in [0.2, 0.25) is 0 Å². The van der Waals surface area contributed by atoms with Gasteiger partial charge in [-0.1, -0.05) is 0 Å². The second-order valence-electron chi connectivity index (χ2n) is 2.11. The van der Waals surface area contributed by atoms with Gasteiger partial charge in [-0.25, -0.2) is 9.97 Å². The molecule has 0 aliphatic heterocycles. The number of nitrogens with one attached hydrogen (secondary N) is 1. The smallest absolute Gasteiger partial charge is 0.221 e. The first kappa shape index (κ1) is 7.78. The highest BCUT2D eigenvalue weighted by Crippen LogP contribution is 2.18. The van der Waals surface area contributed by atoms with Gasteiger partial charge in [-0.3, -0.25) is 0 Å². The van der Waals surface area contributed by atoms with E-state index in [1.54, 1.807) is 7.11 Å². The summed E-state index contributed by atoms with van der Waals surface area (Å²) >= 11 is 0. The number of rotatable bonds is 2. The van der Waals surface area contributed by atoms with Crippen LogP contribution >= 0.6 is 0 Å². The molecule has 11 heavy (non-hydrogen) atoms. The Hall–Kier alpha value is -1.32. The average Bonchev–Trinajstić information content (AvgIpc) is 2.05. The van der Waals surface area contributed by atoms with Gasteiger partial charge in [-0.05, 0) is 6.92 Å². The maximum absolute atomic E-state index is 5.00. The van der Waals surface area contributed by atoms with Gasteiger partial charge in [0.2, 0.25) is 5.88 Å². The van der Waals surface area contributed by atoms with E-state index < -0.39 is 0 Å². The lowest BCUT2D eigenvalue weighted by Gasteiger charge is -2.06. The fourth-order valence-electron chi connectivity index (χ4n) is 0.892. The third-order valence-electron chi connectivity index (χ3n) is 1.47. The van der Waals surface area contributed by atoms with Gasteiger partial charge in [0.15, 0.2) is 0 Å². The Labute approximate surface area is 65.6 Å². The van der Waals surface area contributed by atoms with Gasteiger partial charge >= 0.3 is 0 Å². The van der Waals surface area contributed by atoms with E-state index in [9.17, 15) is 0 Å². The second-order valence-corrected chi connectivity index (χ2v) is 2.11. The summed E-state index contributed by atoms with van der Waals surface area (Å²) in [5, 5.41) is 2.94. The molecule has 0 aliphatic carbocycles. The molecule has 0 saturated carbocycles. The summed E-state index contributed by atoms with van der Waals surface area (Å²) in [6.45, 7) is 1.91. The van der Waals surface area contributed by atoms with Crippen LogP contribution in [0.5, 0.6) is 5.88 Å². The van der Waals surface area contributed by atoms with Crippen LogP contribution in [0.15, 0.2) is 6.33 Å². The van der Waals surface area contributed by atoms with Crippen molar-refractivity contribution in [3.8, 4) is 5.88 Å². The van der Waals surface area contributed by atoms with Gasteiger partial charge in [-0.15, -0.1) is 0 Å². The standard InChI is InChI=1S/C7H11N3O/c1-5-6(8-2)9-4-10-7(5)11-3/h4H,1-3H3,(H,8,9,10). The molecule has 1 aromatic heterocycles. The summed E-state index contributed by atoms with van der Waals surface area (Å²) in [5.41, 5.74) is 0.928. The van der Waals surface area contributed by atoms with E-state index in [1.807, 2.05) is 14.0 Å². The van der Waals surface area contributed by atoms with Crippen LogP contribution in [0.4, 0.5) is 5.82 Å².